The molecule has 0 spiro atoms. The number of morpholine rings is 1. The summed E-state index contributed by atoms with van der Waals surface area (Å²) in [6, 6.07) is 3.70. The van der Waals surface area contributed by atoms with E-state index in [0.29, 0.717) is 18.9 Å². The molecule has 6 nitrogen and oxygen atoms in total. The van der Waals surface area contributed by atoms with E-state index < -0.39 is 0 Å². The number of hydrogen-bond donors (Lipinski definition) is 1. The van der Waals surface area contributed by atoms with Crippen LogP contribution in [0.3, 0.4) is 0 Å². The molecule has 0 aliphatic carbocycles. The minimum atomic E-state index is -0.171. The molecule has 0 radical (unpaired) electrons. The van der Waals surface area contributed by atoms with Gasteiger partial charge in [-0.2, -0.15) is 0 Å². The lowest BCUT2D eigenvalue weighted by atomic mass is 10.2. The van der Waals surface area contributed by atoms with Crippen molar-refractivity contribution in [1.29, 1.82) is 0 Å². The molecule has 1 aliphatic rings. The summed E-state index contributed by atoms with van der Waals surface area (Å²) in [6.45, 7) is 7.03. The van der Waals surface area contributed by atoms with Gasteiger partial charge in [0.25, 0.3) is 5.91 Å². The van der Waals surface area contributed by atoms with Crippen LogP contribution in [-0.4, -0.2) is 48.4 Å². The average Bonchev–Trinajstić information content (AvgIpc) is 2.48. The minimum Gasteiger partial charge on any atom is -0.378 e. The van der Waals surface area contributed by atoms with Gasteiger partial charge in [0.2, 0.25) is 0 Å². The SMILES string of the molecule is CCC(C)NC(=O)c1ccc(N2CCOCC2)nn1. The van der Waals surface area contributed by atoms with Crippen molar-refractivity contribution >= 4 is 11.7 Å². The Labute approximate surface area is 113 Å². The lowest BCUT2D eigenvalue weighted by molar-refractivity contribution is 0.0933. The quantitative estimate of drug-likeness (QED) is 0.873. The molecule has 1 N–H and O–H groups in total. The van der Waals surface area contributed by atoms with Crippen LogP contribution in [0.1, 0.15) is 30.8 Å². The standard InChI is InChI=1S/C13H20N4O2/c1-3-10(2)14-13(18)11-4-5-12(16-15-11)17-6-8-19-9-7-17/h4-5,10H,3,6-9H2,1-2H3,(H,14,18). The molecule has 1 fully saturated rings. The summed E-state index contributed by atoms with van der Waals surface area (Å²) in [5.74, 6) is 0.624. The molecule has 1 aliphatic heterocycles. The number of aromatic nitrogens is 2. The highest BCUT2D eigenvalue weighted by Gasteiger charge is 2.15. The Morgan fingerprint density at radius 3 is 2.74 bits per heavy atom. The van der Waals surface area contributed by atoms with E-state index in [0.717, 1.165) is 25.3 Å². The van der Waals surface area contributed by atoms with Gasteiger partial charge < -0.3 is 15.0 Å². The summed E-state index contributed by atoms with van der Waals surface area (Å²) in [4.78, 5) is 14.0. The van der Waals surface area contributed by atoms with Gasteiger partial charge in [0.15, 0.2) is 11.5 Å². The van der Waals surface area contributed by atoms with Gasteiger partial charge in [-0.05, 0) is 25.5 Å². The van der Waals surface area contributed by atoms with E-state index in [-0.39, 0.29) is 11.9 Å². The van der Waals surface area contributed by atoms with E-state index in [1.54, 1.807) is 6.07 Å². The number of amides is 1. The third-order valence-electron chi connectivity index (χ3n) is 3.21. The summed E-state index contributed by atoms with van der Waals surface area (Å²) < 4.78 is 5.29. The maximum absolute atomic E-state index is 11.9. The van der Waals surface area contributed by atoms with Gasteiger partial charge in [-0.15, -0.1) is 10.2 Å². The van der Waals surface area contributed by atoms with Crippen molar-refractivity contribution in [3.8, 4) is 0 Å². The summed E-state index contributed by atoms with van der Waals surface area (Å²) in [7, 11) is 0. The third-order valence-corrected chi connectivity index (χ3v) is 3.21. The third kappa shape index (κ3) is 3.64. The predicted octanol–water partition coefficient (Wildman–Crippen LogP) is 0.841. The van der Waals surface area contributed by atoms with Gasteiger partial charge in [0.05, 0.1) is 13.2 Å². The summed E-state index contributed by atoms with van der Waals surface area (Å²) in [5.41, 5.74) is 0.359. The Hall–Kier alpha value is -1.69. The van der Waals surface area contributed by atoms with Crippen LogP contribution in [0, 0.1) is 0 Å². The molecule has 2 rings (SSSR count). The van der Waals surface area contributed by atoms with Gasteiger partial charge in [-0.3, -0.25) is 4.79 Å². The van der Waals surface area contributed by atoms with Crippen molar-refractivity contribution in [3.05, 3.63) is 17.8 Å². The largest absolute Gasteiger partial charge is 0.378 e. The first kappa shape index (κ1) is 13.7. The van der Waals surface area contributed by atoms with E-state index in [1.165, 1.54) is 0 Å². The van der Waals surface area contributed by atoms with E-state index in [9.17, 15) is 4.79 Å². The van der Waals surface area contributed by atoms with E-state index in [1.807, 2.05) is 19.9 Å². The number of ether oxygens (including phenoxy) is 1. The van der Waals surface area contributed by atoms with Crippen LogP contribution in [-0.2, 0) is 4.74 Å². The Morgan fingerprint density at radius 1 is 1.42 bits per heavy atom. The molecular weight excluding hydrogens is 244 g/mol. The number of carbonyl (C=O) groups is 1. The van der Waals surface area contributed by atoms with E-state index in [2.05, 4.69) is 20.4 Å². The molecule has 19 heavy (non-hydrogen) atoms. The second-order valence-corrected chi connectivity index (χ2v) is 4.66. The molecule has 0 saturated carbocycles. The fourth-order valence-electron chi connectivity index (χ4n) is 1.81. The Morgan fingerprint density at radius 2 is 2.16 bits per heavy atom. The van der Waals surface area contributed by atoms with Gasteiger partial charge in [0, 0.05) is 19.1 Å². The Balaban J connectivity index is 1.99. The topological polar surface area (TPSA) is 67.4 Å². The zero-order chi connectivity index (χ0) is 13.7. The van der Waals surface area contributed by atoms with Crippen LogP contribution >= 0.6 is 0 Å². The molecular formula is C13H20N4O2. The highest BCUT2D eigenvalue weighted by Crippen LogP contribution is 2.11. The maximum atomic E-state index is 11.9. The molecule has 0 bridgehead atoms. The smallest absolute Gasteiger partial charge is 0.272 e. The molecule has 1 atom stereocenters. The second kappa shape index (κ2) is 6.47. The number of nitrogens with one attached hydrogen (secondary N) is 1. The molecule has 0 aromatic carbocycles. The van der Waals surface area contributed by atoms with Crippen LogP contribution < -0.4 is 10.2 Å². The van der Waals surface area contributed by atoms with Crippen molar-refractivity contribution in [2.45, 2.75) is 26.3 Å². The van der Waals surface area contributed by atoms with Gasteiger partial charge in [-0.25, -0.2) is 0 Å². The summed E-state index contributed by atoms with van der Waals surface area (Å²) in [6.07, 6.45) is 0.894. The monoisotopic (exact) mass is 264 g/mol. The van der Waals surface area contributed by atoms with Crippen molar-refractivity contribution in [2.24, 2.45) is 0 Å². The summed E-state index contributed by atoms with van der Waals surface area (Å²) >= 11 is 0. The lowest BCUT2D eigenvalue weighted by Gasteiger charge is -2.27. The molecule has 1 unspecified atom stereocenters. The van der Waals surface area contributed by atoms with Crippen LogP contribution in [0.25, 0.3) is 0 Å². The normalized spacial score (nSPS) is 17.1. The summed E-state index contributed by atoms with van der Waals surface area (Å²) in [5, 5.41) is 11.0. The van der Waals surface area contributed by atoms with Crippen molar-refractivity contribution in [3.63, 3.8) is 0 Å². The molecule has 1 aromatic heterocycles. The van der Waals surface area contributed by atoms with Crippen molar-refractivity contribution < 1.29 is 9.53 Å². The maximum Gasteiger partial charge on any atom is 0.272 e. The number of anilines is 1. The highest BCUT2D eigenvalue weighted by atomic mass is 16.5. The molecule has 2 heterocycles. The molecule has 1 amide bonds. The van der Waals surface area contributed by atoms with Crippen molar-refractivity contribution in [2.75, 3.05) is 31.2 Å². The second-order valence-electron chi connectivity index (χ2n) is 4.66. The zero-order valence-electron chi connectivity index (χ0n) is 11.4. The van der Waals surface area contributed by atoms with Crippen LogP contribution in [0.4, 0.5) is 5.82 Å². The van der Waals surface area contributed by atoms with Crippen LogP contribution in [0.2, 0.25) is 0 Å². The zero-order valence-corrected chi connectivity index (χ0v) is 11.4. The average molecular weight is 264 g/mol. The lowest BCUT2D eigenvalue weighted by Crippen LogP contribution is -2.37. The Kier molecular flexibility index (Phi) is 4.68. The van der Waals surface area contributed by atoms with E-state index in [4.69, 9.17) is 4.74 Å². The predicted molar refractivity (Wildman–Crippen MR) is 72.3 cm³/mol. The molecule has 1 aromatic rings. The number of carbonyl (C=O) groups excluding carboxylic acids is 1. The van der Waals surface area contributed by atoms with Crippen molar-refractivity contribution in [1.82, 2.24) is 15.5 Å². The van der Waals surface area contributed by atoms with Crippen LogP contribution in [0.5, 0.6) is 0 Å². The molecule has 1 saturated heterocycles. The number of rotatable bonds is 4. The minimum absolute atomic E-state index is 0.146. The fraction of sp³-hybridized carbons (Fsp3) is 0.615. The Bertz CT molecular complexity index is 415. The van der Waals surface area contributed by atoms with Gasteiger partial charge in [-0.1, -0.05) is 6.92 Å². The first-order valence-electron chi connectivity index (χ1n) is 6.68. The van der Waals surface area contributed by atoms with Crippen LogP contribution in [0.15, 0.2) is 12.1 Å². The first-order chi connectivity index (χ1) is 9.20. The molecule has 104 valence electrons. The van der Waals surface area contributed by atoms with Gasteiger partial charge >= 0.3 is 0 Å². The van der Waals surface area contributed by atoms with E-state index >= 15 is 0 Å². The van der Waals surface area contributed by atoms with Gasteiger partial charge in [0.1, 0.15) is 0 Å². The fourth-order valence-corrected chi connectivity index (χ4v) is 1.81. The molecule has 6 heteroatoms. The number of nitrogens with zero attached hydrogens (tertiary/aromatic N) is 3. The highest BCUT2D eigenvalue weighted by molar-refractivity contribution is 5.92. The number of hydrogen-bond acceptors (Lipinski definition) is 5. The first-order valence-corrected chi connectivity index (χ1v) is 6.68.